The molecule has 0 aliphatic carbocycles. The van der Waals surface area contributed by atoms with Crippen molar-refractivity contribution in [1.29, 1.82) is 0 Å². The van der Waals surface area contributed by atoms with Gasteiger partial charge in [0.2, 0.25) is 21.1 Å². The molecule has 142 valence electrons. The number of nitrogens with zero attached hydrogens (tertiary/aromatic N) is 3. The monoisotopic (exact) mass is 454 g/mol. The third kappa shape index (κ3) is 5.23. The quantitative estimate of drug-likeness (QED) is 0.505. The summed E-state index contributed by atoms with van der Waals surface area (Å²) in [6.07, 6.45) is 3.10. The van der Waals surface area contributed by atoms with Gasteiger partial charge in [-0.2, -0.15) is 0 Å². The van der Waals surface area contributed by atoms with Gasteiger partial charge >= 0.3 is 0 Å². The Kier molecular flexibility index (Phi) is 7.14. The van der Waals surface area contributed by atoms with Crippen LogP contribution in [0.2, 0.25) is 10.0 Å². The number of aromatic nitrogens is 2. The summed E-state index contributed by atoms with van der Waals surface area (Å²) in [5.41, 5.74) is 0.217. The molecule has 12 heteroatoms. The molecule has 2 rings (SSSR count). The Morgan fingerprint density at radius 3 is 2.38 bits per heavy atom. The van der Waals surface area contributed by atoms with Gasteiger partial charge in [0.15, 0.2) is 4.34 Å². The topological polar surface area (TPSA) is 92.3 Å². The normalized spacial score (nSPS) is 12.7. The molecular weight excluding hydrogens is 439 g/mol. The zero-order valence-electron chi connectivity index (χ0n) is 14.1. The zero-order chi connectivity index (χ0) is 19.5. The van der Waals surface area contributed by atoms with Gasteiger partial charge in [-0.05, 0) is 30.9 Å². The van der Waals surface area contributed by atoms with E-state index in [1.807, 2.05) is 6.26 Å². The van der Waals surface area contributed by atoms with Gasteiger partial charge < -0.3 is 0 Å². The lowest BCUT2D eigenvalue weighted by Crippen LogP contribution is -2.47. The van der Waals surface area contributed by atoms with E-state index in [0.29, 0.717) is 9.47 Å². The number of sulfonamides is 1. The van der Waals surface area contributed by atoms with Crippen molar-refractivity contribution in [2.45, 2.75) is 23.7 Å². The minimum atomic E-state index is -3.78. The molecule has 0 saturated carbocycles. The van der Waals surface area contributed by atoms with Gasteiger partial charge in [0, 0.05) is 10.0 Å². The fraction of sp³-hybridized carbons (Fsp3) is 0.357. The molecule has 0 bridgehead atoms. The van der Waals surface area contributed by atoms with E-state index < -0.39 is 22.0 Å². The molecule has 1 aromatic carbocycles. The molecule has 0 spiro atoms. The Bertz CT molecular complexity index is 884. The standard InChI is InChI=1S/C14H16Cl2N4O3S3/c1-4-11(12(21)17-13-18-19-14(24-2)25-13)20(26(3,22)23)10-6-8(15)5-9(16)7-10/h5-7,11H,4H2,1-3H3,(H,17,18,21)/t11-/m0/s1. The first-order valence-corrected chi connectivity index (χ1v) is 11.9. The SMILES string of the molecule is CC[C@@H](C(=O)Nc1nnc(SC)s1)N(c1cc(Cl)cc(Cl)c1)S(C)(=O)=O. The summed E-state index contributed by atoms with van der Waals surface area (Å²) in [7, 11) is -3.78. The maximum atomic E-state index is 12.7. The molecule has 26 heavy (non-hydrogen) atoms. The molecule has 1 amide bonds. The third-order valence-electron chi connectivity index (χ3n) is 3.24. The lowest BCUT2D eigenvalue weighted by atomic mass is 10.2. The second-order valence-corrected chi connectivity index (χ2v) is 9.94. The van der Waals surface area contributed by atoms with Crippen molar-refractivity contribution in [2.24, 2.45) is 0 Å². The highest BCUT2D eigenvalue weighted by Gasteiger charge is 2.32. The summed E-state index contributed by atoms with van der Waals surface area (Å²) in [6, 6.07) is 3.38. The molecule has 1 aromatic heterocycles. The van der Waals surface area contributed by atoms with Crippen LogP contribution in [0, 0.1) is 0 Å². The van der Waals surface area contributed by atoms with Crippen LogP contribution in [0.3, 0.4) is 0 Å². The Balaban J connectivity index is 2.39. The largest absolute Gasteiger partial charge is 0.299 e. The Hall–Kier alpha value is -1.07. The summed E-state index contributed by atoms with van der Waals surface area (Å²) in [5.74, 6) is -0.516. The average Bonchev–Trinajstić information content (AvgIpc) is 2.97. The van der Waals surface area contributed by atoms with Gasteiger partial charge in [-0.25, -0.2) is 8.42 Å². The predicted molar refractivity (Wildman–Crippen MR) is 108 cm³/mol. The highest BCUT2D eigenvalue weighted by atomic mass is 35.5. The van der Waals surface area contributed by atoms with Crippen LogP contribution < -0.4 is 9.62 Å². The van der Waals surface area contributed by atoms with Gasteiger partial charge in [0.1, 0.15) is 6.04 Å². The number of hydrogen-bond donors (Lipinski definition) is 1. The smallest absolute Gasteiger partial charge is 0.250 e. The first-order chi connectivity index (χ1) is 12.2. The molecule has 0 fully saturated rings. The van der Waals surface area contributed by atoms with E-state index in [-0.39, 0.29) is 22.2 Å². The van der Waals surface area contributed by atoms with Crippen molar-refractivity contribution in [3.8, 4) is 0 Å². The number of halogens is 2. The second kappa shape index (κ2) is 8.75. The lowest BCUT2D eigenvalue weighted by Gasteiger charge is -2.30. The summed E-state index contributed by atoms with van der Waals surface area (Å²) < 4.78 is 26.5. The van der Waals surface area contributed by atoms with Crippen LogP contribution in [-0.4, -0.2) is 43.1 Å². The van der Waals surface area contributed by atoms with E-state index in [1.54, 1.807) is 6.92 Å². The van der Waals surface area contributed by atoms with E-state index >= 15 is 0 Å². The van der Waals surface area contributed by atoms with E-state index in [4.69, 9.17) is 23.2 Å². The predicted octanol–water partition coefficient (Wildman–Crippen LogP) is 3.75. The van der Waals surface area contributed by atoms with Crippen LogP contribution in [0.4, 0.5) is 10.8 Å². The number of anilines is 2. The maximum absolute atomic E-state index is 12.7. The van der Waals surface area contributed by atoms with E-state index in [0.717, 1.165) is 10.6 Å². The van der Waals surface area contributed by atoms with Crippen molar-refractivity contribution in [3.63, 3.8) is 0 Å². The van der Waals surface area contributed by atoms with Crippen molar-refractivity contribution in [1.82, 2.24) is 10.2 Å². The lowest BCUT2D eigenvalue weighted by molar-refractivity contribution is -0.117. The van der Waals surface area contributed by atoms with Crippen LogP contribution in [0.1, 0.15) is 13.3 Å². The Morgan fingerprint density at radius 1 is 1.31 bits per heavy atom. The molecule has 0 aliphatic heterocycles. The fourth-order valence-corrected chi connectivity index (χ4v) is 5.14. The van der Waals surface area contributed by atoms with Crippen LogP contribution in [0.15, 0.2) is 22.5 Å². The number of amides is 1. The third-order valence-corrected chi connectivity index (χ3v) is 6.67. The molecule has 1 heterocycles. The molecule has 0 unspecified atom stereocenters. The number of carbonyl (C=O) groups excluding carboxylic acids is 1. The second-order valence-electron chi connectivity index (χ2n) is 5.18. The van der Waals surface area contributed by atoms with Gasteiger partial charge in [-0.3, -0.25) is 14.4 Å². The van der Waals surface area contributed by atoms with Crippen LogP contribution in [-0.2, 0) is 14.8 Å². The van der Waals surface area contributed by atoms with Gasteiger partial charge in [0.05, 0.1) is 11.9 Å². The number of nitrogens with one attached hydrogen (secondary N) is 1. The van der Waals surface area contributed by atoms with Crippen LogP contribution >= 0.6 is 46.3 Å². The summed E-state index contributed by atoms with van der Waals surface area (Å²) >= 11 is 14.6. The molecule has 0 saturated heterocycles. The van der Waals surface area contributed by atoms with Crippen LogP contribution in [0.5, 0.6) is 0 Å². The van der Waals surface area contributed by atoms with Gasteiger partial charge in [0.25, 0.3) is 0 Å². The molecule has 1 N–H and O–H groups in total. The summed E-state index contributed by atoms with van der Waals surface area (Å²) in [4.78, 5) is 12.7. The Morgan fingerprint density at radius 2 is 1.92 bits per heavy atom. The summed E-state index contributed by atoms with van der Waals surface area (Å²) in [5, 5.41) is 11.2. The molecule has 7 nitrogen and oxygen atoms in total. The van der Waals surface area contributed by atoms with E-state index in [2.05, 4.69) is 15.5 Å². The fourth-order valence-electron chi connectivity index (χ4n) is 2.26. The van der Waals surface area contributed by atoms with Crippen molar-refractivity contribution in [2.75, 3.05) is 22.1 Å². The number of carbonyl (C=O) groups is 1. The number of rotatable bonds is 7. The molecule has 0 aliphatic rings. The first-order valence-electron chi connectivity index (χ1n) is 7.29. The van der Waals surface area contributed by atoms with Crippen LogP contribution in [0.25, 0.3) is 0 Å². The molecule has 1 atom stereocenters. The van der Waals surface area contributed by atoms with Crippen molar-refractivity contribution < 1.29 is 13.2 Å². The average molecular weight is 455 g/mol. The minimum absolute atomic E-state index is 0.217. The molecule has 0 radical (unpaired) electrons. The number of benzene rings is 1. The Labute approximate surface area is 170 Å². The maximum Gasteiger partial charge on any atom is 0.250 e. The van der Waals surface area contributed by atoms with E-state index in [1.165, 1.54) is 41.3 Å². The number of thioether (sulfide) groups is 1. The van der Waals surface area contributed by atoms with Gasteiger partial charge in [-0.1, -0.05) is 53.2 Å². The summed E-state index contributed by atoms with van der Waals surface area (Å²) in [6.45, 7) is 1.71. The minimum Gasteiger partial charge on any atom is -0.299 e. The first kappa shape index (κ1) is 21.2. The zero-order valence-corrected chi connectivity index (χ0v) is 18.0. The van der Waals surface area contributed by atoms with Crippen molar-refractivity contribution >= 4 is 73.0 Å². The molecule has 2 aromatic rings. The van der Waals surface area contributed by atoms with E-state index in [9.17, 15) is 13.2 Å². The van der Waals surface area contributed by atoms with Crippen molar-refractivity contribution in [3.05, 3.63) is 28.2 Å². The highest BCUT2D eigenvalue weighted by molar-refractivity contribution is 8.00. The highest BCUT2D eigenvalue weighted by Crippen LogP contribution is 2.30. The molecular formula is C14H16Cl2N4O3S3. The van der Waals surface area contributed by atoms with Gasteiger partial charge in [-0.15, -0.1) is 10.2 Å². The number of hydrogen-bond acceptors (Lipinski definition) is 7.